The highest BCUT2D eigenvalue weighted by Crippen LogP contribution is 2.39. The van der Waals surface area contributed by atoms with E-state index < -0.39 is 0 Å². The molecular formula is C26H28FN5O3. The second-order valence-corrected chi connectivity index (χ2v) is 9.02. The van der Waals surface area contributed by atoms with E-state index in [9.17, 15) is 9.18 Å². The molecule has 0 aliphatic carbocycles. The van der Waals surface area contributed by atoms with Crippen molar-refractivity contribution in [3.05, 3.63) is 64.7 Å². The number of benzene rings is 1. The van der Waals surface area contributed by atoms with Crippen molar-refractivity contribution < 1.29 is 18.7 Å². The summed E-state index contributed by atoms with van der Waals surface area (Å²) in [7, 11) is 1.54. The molecule has 4 heterocycles. The number of aryl methyl sites for hydroxylation is 1. The summed E-state index contributed by atoms with van der Waals surface area (Å²) in [4.78, 5) is 29.0. The van der Waals surface area contributed by atoms with Gasteiger partial charge < -0.3 is 20.1 Å². The number of nitrogen functional groups attached to an aromatic ring is 1. The second-order valence-electron chi connectivity index (χ2n) is 9.02. The van der Waals surface area contributed by atoms with Crippen LogP contribution in [0, 0.1) is 18.7 Å². The number of amides is 1. The maximum Gasteiger partial charge on any atom is 0.258 e. The van der Waals surface area contributed by atoms with Crippen LogP contribution in [0.15, 0.2) is 36.4 Å². The number of hydrogen-bond acceptors (Lipinski definition) is 7. The van der Waals surface area contributed by atoms with Gasteiger partial charge in [0.2, 0.25) is 11.8 Å². The van der Waals surface area contributed by atoms with Crippen molar-refractivity contribution in [1.29, 1.82) is 0 Å². The van der Waals surface area contributed by atoms with Crippen LogP contribution >= 0.6 is 0 Å². The monoisotopic (exact) mass is 477 g/mol. The van der Waals surface area contributed by atoms with Gasteiger partial charge in [-0.25, -0.2) is 19.3 Å². The number of rotatable bonds is 5. The van der Waals surface area contributed by atoms with E-state index >= 15 is 0 Å². The van der Waals surface area contributed by atoms with Crippen LogP contribution in [0.4, 0.5) is 10.3 Å². The van der Waals surface area contributed by atoms with Crippen LogP contribution in [0.25, 0.3) is 11.3 Å². The molecule has 0 unspecified atom stereocenters. The highest BCUT2D eigenvalue weighted by molar-refractivity contribution is 5.98. The molecule has 2 N–H and O–H groups in total. The van der Waals surface area contributed by atoms with Gasteiger partial charge >= 0.3 is 0 Å². The molecule has 3 aromatic rings. The Morgan fingerprint density at radius 1 is 1.17 bits per heavy atom. The number of nitrogens with zero attached hydrogens (tertiary/aromatic N) is 4. The Kier molecular flexibility index (Phi) is 6.34. The van der Waals surface area contributed by atoms with E-state index in [1.807, 2.05) is 17.0 Å². The summed E-state index contributed by atoms with van der Waals surface area (Å²) in [6.07, 6.45) is 2.21. The summed E-state index contributed by atoms with van der Waals surface area (Å²) in [5.41, 5.74) is 9.61. The Morgan fingerprint density at radius 2 is 1.97 bits per heavy atom. The third-order valence-corrected chi connectivity index (χ3v) is 6.80. The normalized spacial score (nSPS) is 18.4. The molecule has 1 amide bonds. The van der Waals surface area contributed by atoms with Gasteiger partial charge in [-0.15, -0.1) is 0 Å². The average Bonchev–Trinajstić information content (AvgIpc) is 2.86. The number of methoxy groups -OCH3 is 1. The first-order chi connectivity index (χ1) is 16.9. The number of pyridine rings is 1. The fourth-order valence-electron chi connectivity index (χ4n) is 5.07. The fourth-order valence-corrected chi connectivity index (χ4v) is 5.07. The lowest BCUT2D eigenvalue weighted by Gasteiger charge is -2.40. The van der Waals surface area contributed by atoms with Gasteiger partial charge in [-0.05, 0) is 49.4 Å². The molecule has 0 saturated carbocycles. The van der Waals surface area contributed by atoms with E-state index in [0.717, 1.165) is 18.4 Å². The number of ether oxygens (including phenoxy) is 2. The predicted octanol–water partition coefficient (Wildman–Crippen LogP) is 3.74. The van der Waals surface area contributed by atoms with Crippen molar-refractivity contribution >= 4 is 11.9 Å². The van der Waals surface area contributed by atoms with Crippen LogP contribution in [0.5, 0.6) is 5.88 Å². The molecule has 0 bridgehead atoms. The number of anilines is 1. The van der Waals surface area contributed by atoms with Gasteiger partial charge in [0.15, 0.2) is 0 Å². The Morgan fingerprint density at radius 3 is 2.74 bits per heavy atom. The van der Waals surface area contributed by atoms with Gasteiger partial charge in [0, 0.05) is 37.8 Å². The number of carbonyl (C=O) groups is 1. The minimum absolute atomic E-state index is 0.130. The maximum atomic E-state index is 14.5. The SMILES string of the molecule is COc1cccc(-c2cc(F)ccc2[C@H]2Cc3nc(N)nc(C)c3C(=O)N2CC2CCOCC2)n1. The van der Waals surface area contributed by atoms with Gasteiger partial charge in [-0.3, -0.25) is 4.79 Å². The molecule has 35 heavy (non-hydrogen) atoms. The Bertz CT molecular complexity index is 1260. The molecule has 5 rings (SSSR count). The Balaban J connectivity index is 1.63. The predicted molar refractivity (Wildman–Crippen MR) is 128 cm³/mol. The molecule has 0 radical (unpaired) electrons. The van der Waals surface area contributed by atoms with Gasteiger partial charge in [0.25, 0.3) is 5.91 Å². The van der Waals surface area contributed by atoms with E-state index in [1.165, 1.54) is 19.2 Å². The number of carbonyl (C=O) groups excluding carboxylic acids is 1. The largest absolute Gasteiger partial charge is 0.481 e. The standard InChI is InChI=1S/C26H28FN5O3/c1-15-24-21(31-26(28)29-15)13-22(32(25(24)33)14-16-8-10-35-11-9-16)18-7-6-17(27)12-19(18)20-4-3-5-23(30-20)34-2/h3-7,12,16,22H,8-11,13-14H2,1-2H3,(H2,28,29,31)/t22-/m1/s1. The van der Waals surface area contributed by atoms with Crippen LogP contribution in [0.2, 0.25) is 0 Å². The minimum atomic E-state index is -0.380. The molecule has 1 aromatic carbocycles. The quantitative estimate of drug-likeness (QED) is 0.597. The first-order valence-electron chi connectivity index (χ1n) is 11.8. The molecule has 2 aromatic heterocycles. The lowest BCUT2D eigenvalue weighted by Crippen LogP contribution is -2.45. The molecule has 2 aliphatic rings. The van der Waals surface area contributed by atoms with Crippen molar-refractivity contribution in [1.82, 2.24) is 19.9 Å². The molecule has 1 fully saturated rings. The topological polar surface area (TPSA) is 103 Å². The van der Waals surface area contributed by atoms with E-state index in [0.29, 0.717) is 66.2 Å². The molecule has 1 atom stereocenters. The summed E-state index contributed by atoms with van der Waals surface area (Å²) in [5.74, 6) is 0.367. The zero-order chi connectivity index (χ0) is 24.5. The van der Waals surface area contributed by atoms with Crippen molar-refractivity contribution in [2.75, 3.05) is 32.6 Å². The molecule has 1 saturated heterocycles. The third-order valence-electron chi connectivity index (χ3n) is 6.80. The summed E-state index contributed by atoms with van der Waals surface area (Å²) in [5, 5.41) is 0. The van der Waals surface area contributed by atoms with Gasteiger partial charge in [-0.2, -0.15) is 0 Å². The lowest BCUT2D eigenvalue weighted by atomic mass is 9.87. The number of fused-ring (bicyclic) bond motifs is 1. The minimum Gasteiger partial charge on any atom is -0.481 e. The average molecular weight is 478 g/mol. The zero-order valence-electron chi connectivity index (χ0n) is 19.8. The van der Waals surface area contributed by atoms with Crippen molar-refractivity contribution in [3.63, 3.8) is 0 Å². The smallest absolute Gasteiger partial charge is 0.258 e. The number of halogens is 1. The summed E-state index contributed by atoms with van der Waals surface area (Å²) in [6.45, 7) is 3.72. The highest BCUT2D eigenvalue weighted by Gasteiger charge is 2.38. The van der Waals surface area contributed by atoms with Crippen LogP contribution in [-0.2, 0) is 11.2 Å². The van der Waals surface area contributed by atoms with E-state index in [-0.39, 0.29) is 23.7 Å². The van der Waals surface area contributed by atoms with Gasteiger partial charge in [0.1, 0.15) is 5.82 Å². The van der Waals surface area contributed by atoms with Crippen LogP contribution in [0.3, 0.4) is 0 Å². The molecule has 0 spiro atoms. The highest BCUT2D eigenvalue weighted by atomic mass is 19.1. The van der Waals surface area contributed by atoms with E-state index in [1.54, 1.807) is 19.1 Å². The van der Waals surface area contributed by atoms with Crippen molar-refractivity contribution in [2.24, 2.45) is 5.92 Å². The van der Waals surface area contributed by atoms with Gasteiger partial charge in [-0.1, -0.05) is 12.1 Å². The molecule has 2 aliphatic heterocycles. The van der Waals surface area contributed by atoms with Crippen LogP contribution in [0.1, 0.15) is 46.2 Å². The number of hydrogen-bond donors (Lipinski definition) is 1. The Hall–Kier alpha value is -3.59. The second kappa shape index (κ2) is 9.58. The lowest BCUT2D eigenvalue weighted by molar-refractivity contribution is 0.0357. The molecule has 9 heteroatoms. The van der Waals surface area contributed by atoms with E-state index in [2.05, 4.69) is 15.0 Å². The van der Waals surface area contributed by atoms with Gasteiger partial charge in [0.05, 0.1) is 35.8 Å². The third kappa shape index (κ3) is 4.55. The zero-order valence-corrected chi connectivity index (χ0v) is 19.8. The first-order valence-corrected chi connectivity index (χ1v) is 11.8. The van der Waals surface area contributed by atoms with Crippen molar-refractivity contribution in [3.8, 4) is 17.1 Å². The Labute approximate surface area is 203 Å². The maximum absolute atomic E-state index is 14.5. The van der Waals surface area contributed by atoms with Crippen molar-refractivity contribution in [2.45, 2.75) is 32.2 Å². The fraction of sp³-hybridized carbons (Fsp3) is 0.385. The first kappa shape index (κ1) is 23.2. The van der Waals surface area contributed by atoms with E-state index in [4.69, 9.17) is 15.2 Å². The summed E-state index contributed by atoms with van der Waals surface area (Å²) in [6, 6.07) is 9.62. The molecule has 8 nitrogen and oxygen atoms in total. The number of aromatic nitrogens is 3. The summed E-state index contributed by atoms with van der Waals surface area (Å²) < 4.78 is 25.3. The van der Waals surface area contributed by atoms with Crippen LogP contribution < -0.4 is 10.5 Å². The molecular weight excluding hydrogens is 449 g/mol. The van der Waals surface area contributed by atoms with Crippen LogP contribution in [-0.4, -0.2) is 52.6 Å². The summed E-state index contributed by atoms with van der Waals surface area (Å²) >= 11 is 0. The number of nitrogens with two attached hydrogens (primary N) is 1. The molecule has 182 valence electrons.